The van der Waals surface area contributed by atoms with Gasteiger partial charge in [0, 0.05) is 45.5 Å². The third kappa shape index (κ3) is 9.15. The largest absolute Gasteiger partial charge is 0.489 e. The molecule has 6 nitrogen and oxygen atoms in total. The van der Waals surface area contributed by atoms with E-state index in [2.05, 4.69) is 15.2 Å². The van der Waals surface area contributed by atoms with Gasteiger partial charge in [-0.05, 0) is 44.4 Å². The van der Waals surface area contributed by atoms with Crippen LogP contribution in [0.4, 0.5) is 0 Å². The summed E-state index contributed by atoms with van der Waals surface area (Å²) in [6.45, 7) is 6.11. The number of benzene rings is 1. The van der Waals surface area contributed by atoms with Crippen molar-refractivity contribution in [3.8, 4) is 5.75 Å². The van der Waals surface area contributed by atoms with Crippen molar-refractivity contribution in [1.82, 2.24) is 10.2 Å². The Hall–Kier alpha value is -0.770. The van der Waals surface area contributed by atoms with Gasteiger partial charge in [0.25, 0.3) is 0 Å². The van der Waals surface area contributed by atoms with Gasteiger partial charge in [0.1, 0.15) is 11.9 Å². The monoisotopic (exact) mass is 525 g/mol. The Labute approximate surface area is 191 Å². The van der Waals surface area contributed by atoms with Crippen LogP contribution in [0.15, 0.2) is 29.3 Å². The maximum Gasteiger partial charge on any atom is 0.193 e. The van der Waals surface area contributed by atoms with Gasteiger partial charge in [-0.15, -0.1) is 24.0 Å². The maximum absolute atomic E-state index is 6.00. The molecule has 0 saturated carbocycles. The molecule has 0 aromatic heterocycles. The molecule has 0 spiro atoms. The number of nitrogens with one attached hydrogen (secondary N) is 1. The maximum atomic E-state index is 6.00. The second kappa shape index (κ2) is 14.3. The van der Waals surface area contributed by atoms with E-state index >= 15 is 0 Å². The first-order valence-electron chi connectivity index (χ1n) is 9.60. The molecular weight excluding hydrogens is 493 g/mol. The summed E-state index contributed by atoms with van der Waals surface area (Å²) >= 11 is 6.00. The van der Waals surface area contributed by atoms with E-state index in [1.54, 1.807) is 7.11 Å². The average molecular weight is 526 g/mol. The number of nitrogens with zero attached hydrogens (tertiary/aromatic N) is 2. The normalized spacial score (nSPS) is 16.4. The third-order valence-corrected chi connectivity index (χ3v) is 4.72. The predicted molar refractivity (Wildman–Crippen MR) is 125 cm³/mol. The van der Waals surface area contributed by atoms with Crippen molar-refractivity contribution >= 4 is 41.5 Å². The van der Waals surface area contributed by atoms with Crippen LogP contribution in [-0.4, -0.2) is 70.1 Å². The number of piperidine rings is 1. The number of guanidine groups is 1. The second-order valence-corrected chi connectivity index (χ2v) is 7.15. The second-order valence-electron chi connectivity index (χ2n) is 6.72. The van der Waals surface area contributed by atoms with E-state index in [9.17, 15) is 0 Å². The summed E-state index contributed by atoms with van der Waals surface area (Å²) in [7, 11) is 3.54. The minimum atomic E-state index is 0. The van der Waals surface area contributed by atoms with Gasteiger partial charge < -0.3 is 24.4 Å². The summed E-state index contributed by atoms with van der Waals surface area (Å²) in [5.41, 5.74) is 0. The van der Waals surface area contributed by atoms with Crippen LogP contribution in [0.3, 0.4) is 0 Å². The number of aliphatic imine (C=N–C) groups is 1. The number of likely N-dealkylation sites (tertiary alicyclic amines) is 1. The van der Waals surface area contributed by atoms with Crippen LogP contribution in [0.1, 0.15) is 26.2 Å². The lowest BCUT2D eigenvalue weighted by molar-refractivity contribution is 0.00984. The van der Waals surface area contributed by atoms with E-state index in [-0.39, 0.29) is 30.1 Å². The molecular formula is C20H33ClIN3O3. The molecule has 1 fully saturated rings. The molecule has 1 saturated heterocycles. The molecule has 1 aliphatic heterocycles. The molecule has 1 aromatic carbocycles. The fourth-order valence-corrected chi connectivity index (χ4v) is 3.25. The minimum absolute atomic E-state index is 0. The number of halogens is 2. The Kier molecular flexibility index (Phi) is 12.9. The Bertz CT molecular complexity index is 584. The highest BCUT2D eigenvalue weighted by atomic mass is 127. The van der Waals surface area contributed by atoms with Gasteiger partial charge in [-0.3, -0.25) is 4.99 Å². The number of methoxy groups -OCH3 is 1. The lowest BCUT2D eigenvalue weighted by Crippen LogP contribution is -2.48. The van der Waals surface area contributed by atoms with Crippen LogP contribution in [0, 0.1) is 0 Å². The van der Waals surface area contributed by atoms with E-state index in [1.807, 2.05) is 38.2 Å². The summed E-state index contributed by atoms with van der Waals surface area (Å²) in [6.07, 6.45) is 3.32. The summed E-state index contributed by atoms with van der Waals surface area (Å²) in [4.78, 5) is 6.69. The first kappa shape index (κ1) is 25.3. The van der Waals surface area contributed by atoms with Crippen molar-refractivity contribution in [2.24, 2.45) is 4.99 Å². The minimum Gasteiger partial charge on any atom is -0.489 e. The molecule has 1 heterocycles. The summed E-state index contributed by atoms with van der Waals surface area (Å²) < 4.78 is 16.9. The molecule has 0 aliphatic carbocycles. The number of rotatable bonds is 9. The van der Waals surface area contributed by atoms with Gasteiger partial charge in [-0.1, -0.05) is 17.7 Å². The SMILES string of the molecule is CN=C(NCC(C)Oc1cccc(Cl)c1)N1CCC(OCCCOC)CC1.I. The standard InChI is InChI=1S/C20H32ClN3O3.HI/c1-16(27-19-7-4-6-17(21)14-19)15-23-20(22-2)24-10-8-18(9-11-24)26-13-5-12-25-3;/h4,6-7,14,16,18H,5,8-13,15H2,1-3H3,(H,22,23);1H. The molecule has 160 valence electrons. The molecule has 28 heavy (non-hydrogen) atoms. The smallest absolute Gasteiger partial charge is 0.193 e. The van der Waals surface area contributed by atoms with Crippen LogP contribution in [0.5, 0.6) is 5.75 Å². The highest BCUT2D eigenvalue weighted by Gasteiger charge is 2.22. The molecule has 1 N–H and O–H groups in total. The number of ether oxygens (including phenoxy) is 3. The van der Waals surface area contributed by atoms with Crippen molar-refractivity contribution in [3.63, 3.8) is 0 Å². The summed E-state index contributed by atoms with van der Waals surface area (Å²) in [5, 5.41) is 4.09. The van der Waals surface area contributed by atoms with E-state index in [0.717, 1.165) is 57.3 Å². The van der Waals surface area contributed by atoms with E-state index in [0.29, 0.717) is 17.7 Å². The lowest BCUT2D eigenvalue weighted by Gasteiger charge is -2.34. The molecule has 1 atom stereocenters. The van der Waals surface area contributed by atoms with Crippen molar-refractivity contribution in [1.29, 1.82) is 0 Å². The zero-order valence-electron chi connectivity index (χ0n) is 17.0. The van der Waals surface area contributed by atoms with Crippen molar-refractivity contribution in [2.75, 3.05) is 47.0 Å². The summed E-state index contributed by atoms with van der Waals surface area (Å²) in [5.74, 6) is 1.69. The molecule has 8 heteroatoms. The van der Waals surface area contributed by atoms with Gasteiger partial charge in [-0.2, -0.15) is 0 Å². The molecule has 1 aromatic rings. The van der Waals surface area contributed by atoms with Crippen LogP contribution < -0.4 is 10.1 Å². The van der Waals surface area contributed by atoms with Gasteiger partial charge in [-0.25, -0.2) is 0 Å². The van der Waals surface area contributed by atoms with E-state index < -0.39 is 0 Å². The van der Waals surface area contributed by atoms with Gasteiger partial charge in [0.2, 0.25) is 0 Å². The molecule has 1 unspecified atom stereocenters. The average Bonchev–Trinajstić information content (AvgIpc) is 2.67. The van der Waals surface area contributed by atoms with Gasteiger partial charge in [0.15, 0.2) is 5.96 Å². The predicted octanol–water partition coefficient (Wildman–Crippen LogP) is 3.82. The first-order chi connectivity index (χ1) is 13.1. The quantitative estimate of drug-likeness (QED) is 0.230. The first-order valence-corrected chi connectivity index (χ1v) is 9.98. The van der Waals surface area contributed by atoms with Crippen molar-refractivity contribution < 1.29 is 14.2 Å². The number of hydrogen-bond acceptors (Lipinski definition) is 4. The molecule has 2 rings (SSSR count). The highest BCUT2D eigenvalue weighted by Crippen LogP contribution is 2.18. The van der Waals surface area contributed by atoms with E-state index in [1.165, 1.54) is 0 Å². The van der Waals surface area contributed by atoms with E-state index in [4.69, 9.17) is 25.8 Å². The van der Waals surface area contributed by atoms with Gasteiger partial charge >= 0.3 is 0 Å². The van der Waals surface area contributed by atoms with Crippen LogP contribution in [0.25, 0.3) is 0 Å². The third-order valence-electron chi connectivity index (χ3n) is 4.48. The topological polar surface area (TPSA) is 55.3 Å². The van der Waals surface area contributed by atoms with Crippen LogP contribution in [-0.2, 0) is 9.47 Å². The molecule has 0 amide bonds. The fraction of sp³-hybridized carbons (Fsp3) is 0.650. The van der Waals surface area contributed by atoms with Crippen molar-refractivity contribution in [2.45, 2.75) is 38.4 Å². The van der Waals surface area contributed by atoms with Crippen LogP contribution >= 0.6 is 35.6 Å². The lowest BCUT2D eigenvalue weighted by atomic mass is 10.1. The Morgan fingerprint density at radius 3 is 2.71 bits per heavy atom. The molecule has 1 aliphatic rings. The van der Waals surface area contributed by atoms with Gasteiger partial charge in [0.05, 0.1) is 12.6 Å². The zero-order chi connectivity index (χ0) is 19.5. The Morgan fingerprint density at radius 2 is 2.07 bits per heavy atom. The zero-order valence-corrected chi connectivity index (χ0v) is 20.1. The van der Waals surface area contributed by atoms with Crippen LogP contribution in [0.2, 0.25) is 5.02 Å². The molecule has 0 radical (unpaired) electrons. The number of hydrogen-bond donors (Lipinski definition) is 1. The molecule has 0 bridgehead atoms. The highest BCUT2D eigenvalue weighted by molar-refractivity contribution is 14.0. The summed E-state index contributed by atoms with van der Waals surface area (Å²) in [6, 6.07) is 7.46. The Balaban J connectivity index is 0.00000392. The van der Waals surface area contributed by atoms with Crippen molar-refractivity contribution in [3.05, 3.63) is 29.3 Å². The fourth-order valence-electron chi connectivity index (χ4n) is 3.07. The Morgan fingerprint density at radius 1 is 1.32 bits per heavy atom.